The van der Waals surface area contributed by atoms with E-state index in [-0.39, 0.29) is 6.47 Å². The summed E-state index contributed by atoms with van der Waals surface area (Å²) in [5.74, 6) is 0.500. The Morgan fingerprint density at radius 2 is 2.13 bits per heavy atom. The predicted molar refractivity (Wildman–Crippen MR) is 64.2 cm³/mol. The third-order valence-corrected chi connectivity index (χ3v) is 1.78. The number of carbonyl (C=O) groups is 1. The lowest BCUT2D eigenvalue weighted by atomic mass is 10.3. The first-order chi connectivity index (χ1) is 7.01. The summed E-state index contributed by atoms with van der Waals surface area (Å²) in [4.78, 5) is 12.4. The molecule has 15 heavy (non-hydrogen) atoms. The number of anilines is 1. The summed E-state index contributed by atoms with van der Waals surface area (Å²) >= 11 is 3.32. The number of nitrogens with zero attached hydrogens (tertiary/aromatic N) is 1. The van der Waals surface area contributed by atoms with Crippen molar-refractivity contribution in [3.05, 3.63) is 22.7 Å². The van der Waals surface area contributed by atoms with E-state index in [9.17, 15) is 0 Å². The molecule has 0 saturated heterocycles. The molecular formula is C9H12BrN3O2. The van der Waals surface area contributed by atoms with Crippen LogP contribution in [0.3, 0.4) is 0 Å². The van der Waals surface area contributed by atoms with Gasteiger partial charge in [-0.2, -0.15) is 0 Å². The quantitative estimate of drug-likeness (QED) is 0.314. The maximum absolute atomic E-state index is 8.36. The summed E-state index contributed by atoms with van der Waals surface area (Å²) < 4.78 is 0.941. The molecule has 5 nitrogen and oxygen atoms in total. The molecule has 0 saturated carbocycles. The molecule has 0 aliphatic heterocycles. The van der Waals surface area contributed by atoms with Gasteiger partial charge < -0.3 is 16.6 Å². The van der Waals surface area contributed by atoms with E-state index >= 15 is 0 Å². The van der Waals surface area contributed by atoms with Crippen LogP contribution in [0.15, 0.2) is 27.7 Å². The molecule has 0 unspecified atom stereocenters. The van der Waals surface area contributed by atoms with Gasteiger partial charge in [-0.15, -0.1) is 0 Å². The lowest BCUT2D eigenvalue weighted by Gasteiger charge is -2.00. The Morgan fingerprint density at radius 3 is 2.60 bits per heavy atom. The highest BCUT2D eigenvalue weighted by molar-refractivity contribution is 9.10. The predicted octanol–water partition coefficient (Wildman–Crippen LogP) is 1.74. The van der Waals surface area contributed by atoms with Crippen molar-refractivity contribution < 1.29 is 9.90 Å². The van der Waals surface area contributed by atoms with E-state index in [1.165, 1.54) is 0 Å². The van der Waals surface area contributed by atoms with Crippen molar-refractivity contribution in [2.24, 2.45) is 10.7 Å². The standard InChI is InChI=1S/C8H10BrN3.CH2O2/c1-5(10)12-8-4-6(9)2-3-7(8)11;2-1-3/h2-4H,11H2,1H3,(H2,10,12);1H,(H,2,3). The first kappa shape index (κ1) is 13.4. The Kier molecular flexibility index (Phi) is 6.12. The van der Waals surface area contributed by atoms with E-state index in [1.807, 2.05) is 12.1 Å². The minimum atomic E-state index is -0.250. The number of nitrogen functional groups attached to an aromatic ring is 1. The van der Waals surface area contributed by atoms with Crippen LogP contribution in [0, 0.1) is 0 Å². The van der Waals surface area contributed by atoms with Crippen molar-refractivity contribution in [3.63, 3.8) is 0 Å². The lowest BCUT2D eigenvalue weighted by Crippen LogP contribution is -2.04. The van der Waals surface area contributed by atoms with Crippen molar-refractivity contribution in [3.8, 4) is 0 Å². The summed E-state index contributed by atoms with van der Waals surface area (Å²) in [6, 6.07) is 5.47. The van der Waals surface area contributed by atoms with Gasteiger partial charge in [0.25, 0.3) is 6.47 Å². The largest absolute Gasteiger partial charge is 0.483 e. The summed E-state index contributed by atoms with van der Waals surface area (Å²) in [7, 11) is 0. The van der Waals surface area contributed by atoms with E-state index in [1.54, 1.807) is 13.0 Å². The number of hydrogen-bond donors (Lipinski definition) is 3. The zero-order valence-electron chi connectivity index (χ0n) is 8.14. The molecule has 6 heteroatoms. The lowest BCUT2D eigenvalue weighted by molar-refractivity contribution is -0.122. The van der Waals surface area contributed by atoms with Crippen LogP contribution >= 0.6 is 15.9 Å². The molecule has 1 rings (SSSR count). The van der Waals surface area contributed by atoms with Gasteiger partial charge in [-0.1, -0.05) is 15.9 Å². The molecule has 0 atom stereocenters. The molecule has 82 valence electrons. The van der Waals surface area contributed by atoms with Crippen molar-refractivity contribution in [1.29, 1.82) is 0 Å². The molecule has 0 heterocycles. The number of rotatable bonds is 1. The minimum absolute atomic E-state index is 0.250. The van der Waals surface area contributed by atoms with E-state index in [2.05, 4.69) is 20.9 Å². The Balaban J connectivity index is 0.000000583. The summed E-state index contributed by atoms with van der Waals surface area (Å²) in [6.45, 7) is 1.47. The highest BCUT2D eigenvalue weighted by Crippen LogP contribution is 2.25. The van der Waals surface area contributed by atoms with Crippen LogP contribution in [0.5, 0.6) is 0 Å². The number of amidine groups is 1. The second kappa shape index (κ2) is 6.83. The molecule has 0 bridgehead atoms. The average molecular weight is 274 g/mol. The van der Waals surface area contributed by atoms with Gasteiger partial charge in [-0.05, 0) is 25.1 Å². The minimum Gasteiger partial charge on any atom is -0.483 e. The second-order valence-corrected chi connectivity index (χ2v) is 3.48. The summed E-state index contributed by atoms with van der Waals surface area (Å²) in [5, 5.41) is 6.89. The van der Waals surface area contributed by atoms with E-state index in [0.29, 0.717) is 17.2 Å². The summed E-state index contributed by atoms with van der Waals surface area (Å²) in [6.07, 6.45) is 0. The van der Waals surface area contributed by atoms with Crippen LogP contribution < -0.4 is 11.5 Å². The van der Waals surface area contributed by atoms with Crippen LogP contribution in [0.2, 0.25) is 0 Å². The Hall–Kier alpha value is -1.56. The Morgan fingerprint density at radius 1 is 1.60 bits per heavy atom. The number of carboxylic acid groups (broad SMARTS) is 1. The Bertz CT molecular complexity index is 362. The molecule has 0 aliphatic rings. The first-order valence-electron chi connectivity index (χ1n) is 3.95. The van der Waals surface area contributed by atoms with Gasteiger partial charge in [0.1, 0.15) is 0 Å². The Labute approximate surface area is 95.9 Å². The molecule has 0 fully saturated rings. The zero-order chi connectivity index (χ0) is 11.8. The van der Waals surface area contributed by atoms with E-state index in [0.717, 1.165) is 4.47 Å². The number of halogens is 1. The monoisotopic (exact) mass is 273 g/mol. The molecular weight excluding hydrogens is 262 g/mol. The van der Waals surface area contributed by atoms with Gasteiger partial charge >= 0.3 is 0 Å². The van der Waals surface area contributed by atoms with Crippen molar-refractivity contribution in [2.45, 2.75) is 6.92 Å². The highest BCUT2D eigenvalue weighted by atomic mass is 79.9. The van der Waals surface area contributed by atoms with Crippen LogP contribution in [-0.4, -0.2) is 17.4 Å². The average Bonchev–Trinajstić information content (AvgIpc) is 2.12. The fourth-order valence-electron chi connectivity index (χ4n) is 0.804. The van der Waals surface area contributed by atoms with Crippen molar-refractivity contribution >= 4 is 39.6 Å². The first-order valence-corrected chi connectivity index (χ1v) is 4.74. The molecule has 0 spiro atoms. The molecule has 0 amide bonds. The van der Waals surface area contributed by atoms with Gasteiger partial charge in [0.05, 0.1) is 17.2 Å². The molecule has 0 aliphatic carbocycles. The highest BCUT2D eigenvalue weighted by Gasteiger charge is 1.97. The number of hydrogen-bond acceptors (Lipinski definition) is 3. The fraction of sp³-hybridized carbons (Fsp3) is 0.111. The van der Waals surface area contributed by atoms with Crippen LogP contribution in [-0.2, 0) is 4.79 Å². The van der Waals surface area contributed by atoms with Gasteiger partial charge in [0.15, 0.2) is 0 Å². The van der Waals surface area contributed by atoms with E-state index < -0.39 is 0 Å². The van der Waals surface area contributed by atoms with Crippen LogP contribution in [0.25, 0.3) is 0 Å². The molecule has 5 N–H and O–H groups in total. The summed E-state index contributed by atoms with van der Waals surface area (Å²) in [5.41, 5.74) is 12.4. The van der Waals surface area contributed by atoms with Gasteiger partial charge in [0, 0.05) is 4.47 Å². The van der Waals surface area contributed by atoms with Crippen LogP contribution in [0.1, 0.15) is 6.92 Å². The molecule has 0 aromatic heterocycles. The topological polar surface area (TPSA) is 102 Å². The zero-order valence-corrected chi connectivity index (χ0v) is 9.73. The van der Waals surface area contributed by atoms with Crippen molar-refractivity contribution in [2.75, 3.05) is 5.73 Å². The number of nitrogens with two attached hydrogens (primary N) is 2. The molecule has 1 aromatic rings. The van der Waals surface area contributed by atoms with Gasteiger partial charge in [-0.3, -0.25) is 4.79 Å². The molecule has 0 radical (unpaired) electrons. The fourth-order valence-corrected chi connectivity index (χ4v) is 1.15. The second-order valence-electron chi connectivity index (χ2n) is 2.56. The third-order valence-electron chi connectivity index (χ3n) is 1.29. The normalized spacial score (nSPS) is 10.1. The van der Waals surface area contributed by atoms with Gasteiger partial charge in [-0.25, -0.2) is 4.99 Å². The maximum atomic E-state index is 8.36. The molecule has 1 aromatic carbocycles. The SMILES string of the molecule is CC(N)=Nc1cc(Br)ccc1N.O=CO. The van der Waals surface area contributed by atoms with Gasteiger partial charge in [0.2, 0.25) is 0 Å². The number of aliphatic imine (C=N–C) groups is 1. The third kappa shape index (κ3) is 5.69. The van der Waals surface area contributed by atoms with E-state index in [4.69, 9.17) is 21.4 Å². The van der Waals surface area contributed by atoms with Crippen LogP contribution in [0.4, 0.5) is 11.4 Å². The van der Waals surface area contributed by atoms with Crippen molar-refractivity contribution in [1.82, 2.24) is 0 Å². The number of benzene rings is 1. The maximum Gasteiger partial charge on any atom is 0.290 e. The smallest absolute Gasteiger partial charge is 0.290 e.